The van der Waals surface area contributed by atoms with E-state index in [-0.39, 0.29) is 12.0 Å². The first-order chi connectivity index (χ1) is 11.4. The van der Waals surface area contributed by atoms with Gasteiger partial charge in [0.1, 0.15) is 11.6 Å². The Labute approximate surface area is 142 Å². The van der Waals surface area contributed by atoms with Crippen molar-refractivity contribution in [3.63, 3.8) is 0 Å². The monoisotopic (exact) mass is 329 g/mol. The Morgan fingerprint density at radius 3 is 2.62 bits per heavy atom. The molecule has 1 aromatic carbocycles. The molecule has 0 heterocycles. The van der Waals surface area contributed by atoms with E-state index in [0.717, 1.165) is 24.0 Å². The van der Waals surface area contributed by atoms with Crippen molar-refractivity contribution in [1.29, 1.82) is 5.26 Å². The van der Waals surface area contributed by atoms with Crippen molar-refractivity contribution in [2.24, 2.45) is 0 Å². The van der Waals surface area contributed by atoms with Gasteiger partial charge in [-0.05, 0) is 38.3 Å². The molecular weight excluding hydrogens is 306 g/mol. The summed E-state index contributed by atoms with van der Waals surface area (Å²) in [5.41, 5.74) is 2.72. The first kappa shape index (κ1) is 19.2. The Morgan fingerprint density at radius 1 is 1.25 bits per heavy atom. The van der Waals surface area contributed by atoms with Crippen LogP contribution in [0.25, 0.3) is 0 Å². The van der Waals surface area contributed by atoms with Crippen LogP contribution in [0.15, 0.2) is 30.0 Å². The van der Waals surface area contributed by atoms with Gasteiger partial charge in [0.2, 0.25) is 0 Å². The lowest BCUT2D eigenvalue weighted by molar-refractivity contribution is -0.137. The van der Waals surface area contributed by atoms with Crippen LogP contribution in [0.2, 0.25) is 0 Å². The van der Waals surface area contributed by atoms with Crippen LogP contribution in [-0.2, 0) is 9.59 Å². The zero-order valence-electron chi connectivity index (χ0n) is 14.1. The Kier molecular flexibility index (Phi) is 8.06. The molecule has 6 heteroatoms. The SMILES string of the molecule is Cc1ccc(NC(=O)/C(C#N)=C\NCCCCCC(=O)O)c(C)c1. The third-order valence-electron chi connectivity index (χ3n) is 3.45. The summed E-state index contributed by atoms with van der Waals surface area (Å²) in [5.74, 6) is -1.25. The molecule has 0 radical (unpaired) electrons. The van der Waals surface area contributed by atoms with Crippen LogP contribution in [0.3, 0.4) is 0 Å². The molecule has 1 rings (SSSR count). The van der Waals surface area contributed by atoms with Crippen molar-refractivity contribution in [1.82, 2.24) is 5.32 Å². The number of aryl methyl sites for hydroxylation is 2. The quantitative estimate of drug-likeness (QED) is 0.367. The van der Waals surface area contributed by atoms with E-state index in [9.17, 15) is 9.59 Å². The fourth-order valence-electron chi connectivity index (χ4n) is 2.15. The molecule has 0 saturated carbocycles. The summed E-state index contributed by atoms with van der Waals surface area (Å²) in [6, 6.07) is 7.55. The first-order valence-corrected chi connectivity index (χ1v) is 7.88. The van der Waals surface area contributed by atoms with E-state index in [0.29, 0.717) is 18.7 Å². The van der Waals surface area contributed by atoms with E-state index in [2.05, 4.69) is 10.6 Å². The Hall–Kier alpha value is -2.81. The molecule has 1 aromatic rings. The average Bonchev–Trinajstić information content (AvgIpc) is 2.52. The number of nitrogens with zero attached hydrogens (tertiary/aromatic N) is 1. The molecule has 1 amide bonds. The second-order valence-corrected chi connectivity index (χ2v) is 5.60. The average molecular weight is 329 g/mol. The van der Waals surface area contributed by atoms with Crippen LogP contribution >= 0.6 is 0 Å². The van der Waals surface area contributed by atoms with Crippen LogP contribution in [0.5, 0.6) is 0 Å². The number of amides is 1. The number of carboxylic acids is 1. The molecule has 0 aliphatic rings. The Morgan fingerprint density at radius 2 is 2.00 bits per heavy atom. The molecule has 0 aliphatic heterocycles. The lowest BCUT2D eigenvalue weighted by atomic mass is 10.1. The number of carboxylic acid groups (broad SMARTS) is 1. The normalized spacial score (nSPS) is 10.8. The van der Waals surface area contributed by atoms with Crippen molar-refractivity contribution in [2.75, 3.05) is 11.9 Å². The largest absolute Gasteiger partial charge is 0.481 e. The maximum atomic E-state index is 12.1. The van der Waals surface area contributed by atoms with E-state index < -0.39 is 11.9 Å². The molecule has 0 unspecified atom stereocenters. The summed E-state index contributed by atoms with van der Waals surface area (Å²) >= 11 is 0. The number of unbranched alkanes of at least 4 members (excludes halogenated alkanes) is 2. The zero-order valence-corrected chi connectivity index (χ0v) is 14.1. The van der Waals surface area contributed by atoms with Crippen LogP contribution in [-0.4, -0.2) is 23.5 Å². The van der Waals surface area contributed by atoms with Gasteiger partial charge in [-0.15, -0.1) is 0 Å². The van der Waals surface area contributed by atoms with Gasteiger partial charge in [-0.1, -0.05) is 24.1 Å². The molecule has 0 fully saturated rings. The lowest BCUT2D eigenvalue weighted by Gasteiger charge is -2.09. The minimum atomic E-state index is -0.794. The molecule has 0 saturated heterocycles. The molecule has 0 spiro atoms. The van der Waals surface area contributed by atoms with Crippen LogP contribution in [0.1, 0.15) is 36.8 Å². The molecule has 0 atom stereocenters. The van der Waals surface area contributed by atoms with Gasteiger partial charge in [0.05, 0.1) is 0 Å². The molecule has 0 aromatic heterocycles. The standard InChI is InChI=1S/C18H23N3O3/c1-13-7-8-16(14(2)10-13)21-18(24)15(11-19)12-20-9-5-3-4-6-17(22)23/h7-8,10,12,20H,3-6,9H2,1-2H3,(H,21,24)(H,22,23)/b15-12-. The summed E-state index contributed by atoms with van der Waals surface area (Å²) in [6.45, 7) is 4.45. The number of carbonyl (C=O) groups is 2. The highest BCUT2D eigenvalue weighted by atomic mass is 16.4. The number of carbonyl (C=O) groups excluding carboxylic acids is 1. The van der Waals surface area contributed by atoms with Gasteiger partial charge in [0, 0.05) is 24.9 Å². The van der Waals surface area contributed by atoms with Gasteiger partial charge in [-0.25, -0.2) is 0 Å². The number of aliphatic carboxylic acids is 1. The van der Waals surface area contributed by atoms with Crippen molar-refractivity contribution in [2.45, 2.75) is 39.5 Å². The highest BCUT2D eigenvalue weighted by Crippen LogP contribution is 2.16. The highest BCUT2D eigenvalue weighted by Gasteiger charge is 2.10. The molecular formula is C18H23N3O3. The number of hydrogen-bond acceptors (Lipinski definition) is 4. The summed E-state index contributed by atoms with van der Waals surface area (Å²) < 4.78 is 0. The van der Waals surface area contributed by atoms with E-state index in [1.165, 1.54) is 6.20 Å². The zero-order chi connectivity index (χ0) is 17.9. The lowest BCUT2D eigenvalue weighted by Crippen LogP contribution is -2.17. The molecule has 3 N–H and O–H groups in total. The summed E-state index contributed by atoms with van der Waals surface area (Å²) in [6.07, 6.45) is 3.75. The van der Waals surface area contributed by atoms with E-state index in [1.54, 1.807) is 0 Å². The maximum Gasteiger partial charge on any atom is 0.303 e. The predicted octanol–water partition coefficient (Wildman–Crippen LogP) is 2.88. The van der Waals surface area contributed by atoms with Crippen molar-refractivity contribution in [3.05, 3.63) is 41.1 Å². The van der Waals surface area contributed by atoms with Gasteiger partial charge in [0.25, 0.3) is 5.91 Å². The molecule has 0 bridgehead atoms. The number of benzene rings is 1. The maximum absolute atomic E-state index is 12.1. The minimum Gasteiger partial charge on any atom is -0.481 e. The summed E-state index contributed by atoms with van der Waals surface area (Å²) in [5, 5.41) is 23.3. The molecule has 24 heavy (non-hydrogen) atoms. The van der Waals surface area contributed by atoms with E-state index in [4.69, 9.17) is 10.4 Å². The second-order valence-electron chi connectivity index (χ2n) is 5.60. The number of hydrogen-bond donors (Lipinski definition) is 3. The fraction of sp³-hybridized carbons (Fsp3) is 0.389. The molecule has 128 valence electrons. The Balaban J connectivity index is 2.45. The van der Waals surface area contributed by atoms with Crippen LogP contribution in [0.4, 0.5) is 5.69 Å². The van der Waals surface area contributed by atoms with Crippen molar-refractivity contribution < 1.29 is 14.7 Å². The highest BCUT2D eigenvalue weighted by molar-refractivity contribution is 6.06. The van der Waals surface area contributed by atoms with Crippen LogP contribution in [0, 0.1) is 25.2 Å². The third-order valence-corrected chi connectivity index (χ3v) is 3.45. The second kappa shape index (κ2) is 10.1. The Bertz CT molecular complexity index is 660. The fourth-order valence-corrected chi connectivity index (χ4v) is 2.15. The molecule has 6 nitrogen and oxygen atoms in total. The number of nitriles is 1. The van der Waals surface area contributed by atoms with Crippen molar-refractivity contribution in [3.8, 4) is 6.07 Å². The summed E-state index contributed by atoms with van der Waals surface area (Å²) in [4.78, 5) is 22.5. The number of anilines is 1. The van der Waals surface area contributed by atoms with E-state index >= 15 is 0 Å². The van der Waals surface area contributed by atoms with Gasteiger partial charge in [0.15, 0.2) is 0 Å². The summed E-state index contributed by atoms with van der Waals surface area (Å²) in [7, 11) is 0. The minimum absolute atomic E-state index is 0.000473. The third kappa shape index (κ3) is 6.97. The van der Waals surface area contributed by atoms with Gasteiger partial charge in [-0.3, -0.25) is 9.59 Å². The van der Waals surface area contributed by atoms with E-state index in [1.807, 2.05) is 38.1 Å². The first-order valence-electron chi connectivity index (χ1n) is 7.88. The number of nitrogens with one attached hydrogen (secondary N) is 2. The van der Waals surface area contributed by atoms with Crippen molar-refractivity contribution >= 4 is 17.6 Å². The predicted molar refractivity (Wildman–Crippen MR) is 92.3 cm³/mol. The topological polar surface area (TPSA) is 102 Å². The smallest absolute Gasteiger partial charge is 0.303 e. The van der Waals surface area contributed by atoms with Gasteiger partial charge >= 0.3 is 5.97 Å². The van der Waals surface area contributed by atoms with Gasteiger partial charge in [-0.2, -0.15) is 5.26 Å². The van der Waals surface area contributed by atoms with Gasteiger partial charge < -0.3 is 15.7 Å². The number of rotatable bonds is 9. The van der Waals surface area contributed by atoms with Crippen LogP contribution < -0.4 is 10.6 Å². The molecule has 0 aliphatic carbocycles.